The number of ketones is 1. The molecule has 0 heterocycles. The Morgan fingerprint density at radius 2 is 1.93 bits per heavy atom. The van der Waals surface area contributed by atoms with Gasteiger partial charge in [-0.1, -0.05) is 23.4 Å². The number of halogens is 2. The van der Waals surface area contributed by atoms with Crippen molar-refractivity contribution in [3.63, 3.8) is 0 Å². The standard InChI is InChI=1S/C10H10ClFOS/c1-7(13)10(2,12)14-9-5-3-8(11)4-6-9/h3-6H,1-2H3. The van der Waals surface area contributed by atoms with E-state index in [1.807, 2.05) is 0 Å². The Bertz CT molecular complexity index is 334. The zero-order valence-electron chi connectivity index (χ0n) is 7.88. The average molecular weight is 233 g/mol. The van der Waals surface area contributed by atoms with Crippen LogP contribution in [-0.2, 0) is 4.79 Å². The van der Waals surface area contributed by atoms with Gasteiger partial charge >= 0.3 is 0 Å². The molecule has 0 saturated carbocycles. The average Bonchev–Trinajstić information content (AvgIpc) is 2.08. The maximum absolute atomic E-state index is 13.6. The van der Waals surface area contributed by atoms with Crippen molar-refractivity contribution in [2.75, 3.05) is 0 Å². The number of thioether (sulfide) groups is 1. The molecule has 1 nitrogen and oxygen atoms in total. The minimum atomic E-state index is -1.87. The molecule has 14 heavy (non-hydrogen) atoms. The van der Waals surface area contributed by atoms with Crippen LogP contribution in [0.1, 0.15) is 13.8 Å². The van der Waals surface area contributed by atoms with Crippen LogP contribution in [0.4, 0.5) is 4.39 Å². The first kappa shape index (κ1) is 11.5. The summed E-state index contributed by atoms with van der Waals surface area (Å²) in [7, 11) is 0. The lowest BCUT2D eigenvalue weighted by Crippen LogP contribution is -2.22. The number of rotatable bonds is 3. The third kappa shape index (κ3) is 3.00. The molecular formula is C10H10ClFOS. The van der Waals surface area contributed by atoms with E-state index < -0.39 is 10.8 Å². The van der Waals surface area contributed by atoms with E-state index >= 15 is 0 Å². The largest absolute Gasteiger partial charge is 0.295 e. The van der Waals surface area contributed by atoms with Gasteiger partial charge in [0.2, 0.25) is 5.00 Å². The maximum atomic E-state index is 13.6. The van der Waals surface area contributed by atoms with Gasteiger partial charge in [0.25, 0.3) is 0 Å². The van der Waals surface area contributed by atoms with Crippen LogP contribution in [0.15, 0.2) is 29.2 Å². The fourth-order valence-electron chi connectivity index (χ4n) is 0.796. The lowest BCUT2D eigenvalue weighted by Gasteiger charge is -2.15. The molecule has 4 heteroatoms. The first-order chi connectivity index (χ1) is 6.42. The van der Waals surface area contributed by atoms with Gasteiger partial charge in [-0.2, -0.15) is 0 Å². The molecule has 1 aromatic rings. The Labute approximate surface area is 91.6 Å². The molecule has 1 rings (SSSR count). The van der Waals surface area contributed by atoms with Crippen LogP contribution in [0.25, 0.3) is 0 Å². The Hall–Kier alpha value is -0.540. The van der Waals surface area contributed by atoms with E-state index in [9.17, 15) is 9.18 Å². The molecule has 1 atom stereocenters. The summed E-state index contributed by atoms with van der Waals surface area (Å²) in [6.45, 7) is 2.50. The summed E-state index contributed by atoms with van der Waals surface area (Å²) in [6, 6.07) is 6.71. The smallest absolute Gasteiger partial charge is 0.215 e. The van der Waals surface area contributed by atoms with Gasteiger partial charge < -0.3 is 0 Å². The molecule has 1 unspecified atom stereocenters. The van der Waals surface area contributed by atoms with Gasteiger partial charge in [-0.25, -0.2) is 4.39 Å². The first-order valence-corrected chi connectivity index (χ1v) is 5.26. The molecule has 0 aliphatic carbocycles. The highest BCUT2D eigenvalue weighted by molar-refractivity contribution is 8.01. The summed E-state index contributed by atoms with van der Waals surface area (Å²) >= 11 is 6.56. The normalized spacial score (nSPS) is 14.9. The van der Waals surface area contributed by atoms with E-state index in [1.54, 1.807) is 24.3 Å². The van der Waals surface area contributed by atoms with Crippen molar-refractivity contribution in [1.29, 1.82) is 0 Å². The highest BCUT2D eigenvalue weighted by Gasteiger charge is 2.30. The second-order valence-electron chi connectivity index (χ2n) is 3.03. The number of hydrogen-bond acceptors (Lipinski definition) is 2. The van der Waals surface area contributed by atoms with E-state index in [2.05, 4.69) is 0 Å². The predicted octanol–water partition coefficient (Wildman–Crippen LogP) is 3.71. The van der Waals surface area contributed by atoms with Crippen molar-refractivity contribution in [3.05, 3.63) is 29.3 Å². The van der Waals surface area contributed by atoms with Gasteiger partial charge in [-0.3, -0.25) is 4.79 Å². The molecule has 76 valence electrons. The number of benzene rings is 1. The molecule has 0 bridgehead atoms. The van der Waals surface area contributed by atoms with Gasteiger partial charge in [0.15, 0.2) is 5.78 Å². The summed E-state index contributed by atoms with van der Waals surface area (Å²) in [6.07, 6.45) is 0. The monoisotopic (exact) mass is 232 g/mol. The predicted molar refractivity (Wildman–Crippen MR) is 57.5 cm³/mol. The van der Waals surface area contributed by atoms with Crippen LogP contribution in [0, 0.1) is 0 Å². The summed E-state index contributed by atoms with van der Waals surface area (Å²) in [5, 5.41) is -1.27. The number of carbonyl (C=O) groups excluding carboxylic acids is 1. The molecule has 0 spiro atoms. The molecule has 0 aliphatic rings. The van der Waals surface area contributed by atoms with E-state index in [0.717, 1.165) is 11.8 Å². The zero-order chi connectivity index (χ0) is 10.8. The van der Waals surface area contributed by atoms with E-state index in [0.29, 0.717) is 9.92 Å². The molecule has 0 radical (unpaired) electrons. The van der Waals surface area contributed by atoms with Crippen molar-refractivity contribution < 1.29 is 9.18 Å². The lowest BCUT2D eigenvalue weighted by atomic mass is 10.3. The fourth-order valence-corrected chi connectivity index (χ4v) is 1.78. The molecule has 0 fully saturated rings. The maximum Gasteiger partial charge on any atom is 0.215 e. The summed E-state index contributed by atoms with van der Waals surface area (Å²) in [5.41, 5.74) is 0. The van der Waals surface area contributed by atoms with Crippen molar-refractivity contribution in [1.82, 2.24) is 0 Å². The quantitative estimate of drug-likeness (QED) is 0.739. The van der Waals surface area contributed by atoms with Gasteiger partial charge in [0.1, 0.15) is 0 Å². The van der Waals surface area contributed by atoms with Crippen LogP contribution in [-0.4, -0.2) is 10.8 Å². The van der Waals surface area contributed by atoms with Crippen LogP contribution in [0.3, 0.4) is 0 Å². The highest BCUT2D eigenvalue weighted by atomic mass is 35.5. The number of carbonyl (C=O) groups is 1. The van der Waals surface area contributed by atoms with Gasteiger partial charge in [0.05, 0.1) is 0 Å². The third-order valence-electron chi connectivity index (χ3n) is 1.75. The fraction of sp³-hybridized carbons (Fsp3) is 0.300. The van der Waals surface area contributed by atoms with Crippen molar-refractivity contribution >= 4 is 29.1 Å². The second kappa shape index (κ2) is 4.32. The zero-order valence-corrected chi connectivity index (χ0v) is 9.45. The van der Waals surface area contributed by atoms with Gasteiger partial charge in [-0.05, 0) is 38.1 Å². The Morgan fingerprint density at radius 1 is 1.43 bits per heavy atom. The first-order valence-electron chi connectivity index (χ1n) is 4.06. The van der Waals surface area contributed by atoms with Crippen molar-refractivity contribution in [3.8, 4) is 0 Å². The number of Topliss-reactive ketones (excluding diaryl/α,β-unsaturated/α-hetero) is 1. The summed E-state index contributed by atoms with van der Waals surface area (Å²) in [5.74, 6) is -0.488. The number of hydrogen-bond donors (Lipinski definition) is 0. The second-order valence-corrected chi connectivity index (χ2v) is 4.91. The van der Waals surface area contributed by atoms with Gasteiger partial charge in [-0.15, -0.1) is 0 Å². The number of alkyl halides is 1. The lowest BCUT2D eigenvalue weighted by molar-refractivity contribution is -0.122. The van der Waals surface area contributed by atoms with Crippen LogP contribution < -0.4 is 0 Å². The summed E-state index contributed by atoms with van der Waals surface area (Å²) < 4.78 is 13.6. The molecule has 0 amide bonds. The molecule has 0 aromatic heterocycles. The SMILES string of the molecule is CC(=O)C(C)(F)Sc1ccc(Cl)cc1. The summed E-state index contributed by atoms with van der Waals surface area (Å²) in [4.78, 5) is 11.6. The minimum Gasteiger partial charge on any atom is -0.295 e. The molecular weight excluding hydrogens is 223 g/mol. The molecule has 0 saturated heterocycles. The highest BCUT2D eigenvalue weighted by Crippen LogP contribution is 2.35. The van der Waals surface area contributed by atoms with Crippen LogP contribution in [0.2, 0.25) is 5.02 Å². The Balaban J connectivity index is 2.79. The third-order valence-corrected chi connectivity index (χ3v) is 3.18. The van der Waals surface area contributed by atoms with Crippen LogP contribution in [0.5, 0.6) is 0 Å². The van der Waals surface area contributed by atoms with E-state index in [1.165, 1.54) is 13.8 Å². The topological polar surface area (TPSA) is 17.1 Å². The van der Waals surface area contributed by atoms with Crippen molar-refractivity contribution in [2.24, 2.45) is 0 Å². The molecule has 0 N–H and O–H groups in total. The Kier molecular flexibility index (Phi) is 3.56. The van der Waals surface area contributed by atoms with Crippen molar-refractivity contribution in [2.45, 2.75) is 23.7 Å². The molecule has 1 aromatic carbocycles. The van der Waals surface area contributed by atoms with E-state index in [4.69, 9.17) is 11.6 Å². The van der Waals surface area contributed by atoms with E-state index in [-0.39, 0.29) is 0 Å². The minimum absolute atomic E-state index is 0.488. The Morgan fingerprint density at radius 3 is 2.36 bits per heavy atom. The van der Waals surface area contributed by atoms with Gasteiger partial charge in [0, 0.05) is 9.92 Å². The van der Waals surface area contributed by atoms with Crippen LogP contribution >= 0.6 is 23.4 Å². The molecule has 0 aliphatic heterocycles.